The van der Waals surface area contributed by atoms with Crippen LogP contribution in [0.25, 0.3) is 10.9 Å². The minimum Gasteiger partial charge on any atom is -0.496 e. The number of hydrogen-bond donors (Lipinski definition) is 2. The summed E-state index contributed by atoms with van der Waals surface area (Å²) in [4.78, 5) is 17.7. The van der Waals surface area contributed by atoms with Crippen molar-refractivity contribution >= 4 is 22.8 Å². The van der Waals surface area contributed by atoms with Crippen molar-refractivity contribution in [3.05, 3.63) is 69.8 Å². The van der Waals surface area contributed by atoms with Gasteiger partial charge in [-0.2, -0.15) is 13.2 Å². The molecule has 0 bridgehead atoms. The molecule has 3 aromatic rings. The van der Waals surface area contributed by atoms with Crippen LogP contribution in [0.4, 0.5) is 23.2 Å². The van der Waals surface area contributed by atoms with Gasteiger partial charge in [-0.3, -0.25) is 9.79 Å². The lowest BCUT2D eigenvalue weighted by atomic mass is 9.83. The molecule has 2 unspecified atom stereocenters. The predicted molar refractivity (Wildman–Crippen MR) is 124 cm³/mol. The summed E-state index contributed by atoms with van der Waals surface area (Å²) < 4.78 is 61.9. The van der Waals surface area contributed by atoms with E-state index in [1.807, 2.05) is 13.0 Å². The molecule has 0 radical (unpaired) electrons. The van der Waals surface area contributed by atoms with Gasteiger partial charge in [0.15, 0.2) is 5.60 Å². The van der Waals surface area contributed by atoms with Gasteiger partial charge in [0, 0.05) is 17.7 Å². The van der Waals surface area contributed by atoms with Gasteiger partial charge in [0.05, 0.1) is 18.3 Å². The summed E-state index contributed by atoms with van der Waals surface area (Å²) in [5, 5.41) is 10.9. The van der Waals surface area contributed by atoms with Crippen LogP contribution in [0.15, 0.2) is 52.3 Å². The molecule has 0 aliphatic carbocycles. The number of methoxy groups -OCH3 is 1. The van der Waals surface area contributed by atoms with Crippen molar-refractivity contribution in [3.8, 4) is 5.75 Å². The summed E-state index contributed by atoms with van der Waals surface area (Å²) in [5.41, 5.74) is -2.59. The number of aryl methyl sites for hydroxylation is 1. The smallest absolute Gasteiger partial charge is 0.422 e. The van der Waals surface area contributed by atoms with E-state index in [4.69, 9.17) is 4.74 Å². The molecule has 0 saturated carbocycles. The molecule has 9 heteroatoms. The maximum absolute atomic E-state index is 14.1. The van der Waals surface area contributed by atoms with Gasteiger partial charge in [-0.05, 0) is 54.5 Å². The molecule has 2 N–H and O–H groups in total. The summed E-state index contributed by atoms with van der Waals surface area (Å²) >= 11 is 0. The Balaban J connectivity index is 2.05. The zero-order valence-electron chi connectivity index (χ0n) is 19.0. The zero-order chi connectivity index (χ0) is 25.1. The largest absolute Gasteiger partial charge is 0.496 e. The van der Waals surface area contributed by atoms with Crippen LogP contribution < -0.4 is 10.3 Å². The van der Waals surface area contributed by atoms with Crippen LogP contribution in [0.3, 0.4) is 0 Å². The highest BCUT2D eigenvalue weighted by atomic mass is 19.4. The van der Waals surface area contributed by atoms with Gasteiger partial charge < -0.3 is 14.8 Å². The number of aliphatic hydroxyl groups is 1. The standard InChI is InChI=1S/C25H26F4N2O3/c1-4-15-7-6-8-17(23(15)34-3)16(5-2)13-24(33,25(27,28)29)14-30-20-11-10-19(26)22-18(20)9-12-21(32)31-22/h6-12,14,16,33H,4-5,13H2,1-3H3,(H,31,32)/b30-14+. The van der Waals surface area contributed by atoms with Gasteiger partial charge in [-0.1, -0.05) is 32.0 Å². The van der Waals surface area contributed by atoms with Crippen molar-refractivity contribution in [1.29, 1.82) is 0 Å². The van der Waals surface area contributed by atoms with Crippen molar-refractivity contribution in [2.24, 2.45) is 4.99 Å². The second-order valence-corrected chi connectivity index (χ2v) is 8.06. The van der Waals surface area contributed by atoms with Crippen LogP contribution in [-0.2, 0) is 6.42 Å². The number of ether oxygens (including phenoxy) is 1. The van der Waals surface area contributed by atoms with E-state index in [0.717, 1.165) is 17.7 Å². The summed E-state index contributed by atoms with van der Waals surface area (Å²) in [5.74, 6) is -0.917. The number of pyridine rings is 1. The number of nitrogens with zero attached hydrogens (tertiary/aromatic N) is 1. The third-order valence-electron chi connectivity index (χ3n) is 5.93. The van der Waals surface area contributed by atoms with Crippen molar-refractivity contribution in [3.63, 3.8) is 0 Å². The highest BCUT2D eigenvalue weighted by Gasteiger charge is 2.53. The Hall–Kier alpha value is -3.20. The van der Waals surface area contributed by atoms with Crippen LogP contribution in [0.2, 0.25) is 0 Å². The number of rotatable bonds is 8. The molecule has 2 aromatic carbocycles. The summed E-state index contributed by atoms with van der Waals surface area (Å²) in [6, 6.07) is 9.87. The number of hydrogen-bond acceptors (Lipinski definition) is 4. The van der Waals surface area contributed by atoms with Crippen LogP contribution in [0, 0.1) is 5.82 Å². The lowest BCUT2D eigenvalue weighted by Crippen LogP contribution is -2.47. The predicted octanol–water partition coefficient (Wildman–Crippen LogP) is 5.82. The first kappa shape index (κ1) is 25.4. The Kier molecular flexibility index (Phi) is 7.45. The summed E-state index contributed by atoms with van der Waals surface area (Å²) in [7, 11) is 1.46. The van der Waals surface area contributed by atoms with Crippen molar-refractivity contribution in [1.82, 2.24) is 4.98 Å². The number of nitrogens with one attached hydrogen (secondary N) is 1. The SMILES string of the molecule is CCc1cccc(C(CC)CC(O)(/C=N/c2ccc(F)c3[nH]c(=O)ccc23)C(F)(F)F)c1OC. The number of aromatic amines is 1. The van der Waals surface area contributed by atoms with Crippen LogP contribution in [-0.4, -0.2) is 35.2 Å². The Labute approximate surface area is 194 Å². The first-order chi connectivity index (χ1) is 16.0. The Morgan fingerprint density at radius 1 is 1.15 bits per heavy atom. The molecule has 3 rings (SSSR count). The molecule has 2 atom stereocenters. The number of alkyl halides is 3. The van der Waals surface area contributed by atoms with Gasteiger partial charge in [-0.25, -0.2) is 4.39 Å². The Bertz CT molecular complexity index is 1250. The lowest BCUT2D eigenvalue weighted by molar-refractivity contribution is -0.232. The molecule has 34 heavy (non-hydrogen) atoms. The van der Waals surface area contributed by atoms with Gasteiger partial charge in [0.25, 0.3) is 0 Å². The molecule has 182 valence electrons. The molecule has 5 nitrogen and oxygen atoms in total. The lowest BCUT2D eigenvalue weighted by Gasteiger charge is -2.31. The topological polar surface area (TPSA) is 74.7 Å². The Morgan fingerprint density at radius 3 is 2.50 bits per heavy atom. The molecular formula is C25H26F4N2O3. The van der Waals surface area contributed by atoms with E-state index in [2.05, 4.69) is 9.98 Å². The molecule has 0 aliphatic rings. The number of H-pyrrole nitrogens is 1. The molecule has 1 heterocycles. The van der Waals surface area contributed by atoms with Gasteiger partial charge in [0.2, 0.25) is 5.56 Å². The van der Waals surface area contributed by atoms with E-state index in [9.17, 15) is 27.5 Å². The van der Waals surface area contributed by atoms with Crippen molar-refractivity contribution in [2.45, 2.75) is 50.8 Å². The second-order valence-electron chi connectivity index (χ2n) is 8.06. The number of para-hydroxylation sites is 1. The fraction of sp³-hybridized carbons (Fsp3) is 0.360. The van der Waals surface area contributed by atoms with Gasteiger partial charge in [-0.15, -0.1) is 0 Å². The molecular weight excluding hydrogens is 452 g/mol. The van der Waals surface area contributed by atoms with Crippen molar-refractivity contribution in [2.75, 3.05) is 7.11 Å². The average Bonchev–Trinajstić information content (AvgIpc) is 2.81. The minimum absolute atomic E-state index is 0.0195. The first-order valence-electron chi connectivity index (χ1n) is 10.9. The zero-order valence-corrected chi connectivity index (χ0v) is 19.0. The van der Waals surface area contributed by atoms with E-state index in [-0.39, 0.29) is 16.6 Å². The maximum atomic E-state index is 14.1. The highest BCUT2D eigenvalue weighted by Crippen LogP contribution is 2.42. The monoisotopic (exact) mass is 478 g/mol. The first-order valence-corrected chi connectivity index (χ1v) is 10.9. The summed E-state index contributed by atoms with van der Waals surface area (Å²) in [6.07, 6.45) is -4.31. The normalized spacial score (nSPS) is 14.9. The molecule has 0 aliphatic heterocycles. The molecule has 1 aromatic heterocycles. The number of aromatic nitrogens is 1. The summed E-state index contributed by atoms with van der Waals surface area (Å²) in [6.45, 7) is 3.65. The number of fused-ring (bicyclic) bond motifs is 1. The van der Waals surface area contributed by atoms with Crippen LogP contribution in [0.5, 0.6) is 5.75 Å². The third kappa shape index (κ3) is 4.99. The van der Waals surface area contributed by atoms with Crippen LogP contribution in [0.1, 0.15) is 43.7 Å². The maximum Gasteiger partial charge on any atom is 0.422 e. The second kappa shape index (κ2) is 9.97. The fourth-order valence-electron chi connectivity index (χ4n) is 4.04. The third-order valence-corrected chi connectivity index (χ3v) is 5.93. The average molecular weight is 478 g/mol. The van der Waals surface area contributed by atoms with Crippen LogP contribution >= 0.6 is 0 Å². The highest BCUT2D eigenvalue weighted by molar-refractivity contribution is 5.92. The molecule has 0 saturated heterocycles. The molecule has 0 spiro atoms. The fourth-order valence-corrected chi connectivity index (χ4v) is 4.04. The molecule has 0 fully saturated rings. The Morgan fingerprint density at radius 2 is 1.88 bits per heavy atom. The molecule has 0 amide bonds. The van der Waals surface area contributed by atoms with E-state index < -0.39 is 35.5 Å². The van der Waals surface area contributed by atoms with Crippen molar-refractivity contribution < 1.29 is 27.4 Å². The van der Waals surface area contributed by atoms with E-state index in [1.54, 1.807) is 19.1 Å². The van der Waals surface area contributed by atoms with E-state index in [1.165, 1.54) is 19.2 Å². The van der Waals surface area contributed by atoms with Gasteiger partial charge >= 0.3 is 6.18 Å². The van der Waals surface area contributed by atoms with E-state index in [0.29, 0.717) is 30.4 Å². The quantitative estimate of drug-likeness (QED) is 0.317. The number of halogens is 4. The number of benzene rings is 2. The van der Waals surface area contributed by atoms with Gasteiger partial charge in [0.1, 0.15) is 11.6 Å². The minimum atomic E-state index is -5.02. The van der Waals surface area contributed by atoms with E-state index >= 15 is 0 Å². The number of aliphatic imine (C=N–C) groups is 1.